The van der Waals surface area contributed by atoms with Gasteiger partial charge in [0.15, 0.2) is 0 Å². The third kappa shape index (κ3) is 6.64. The van der Waals surface area contributed by atoms with Crippen molar-refractivity contribution in [1.82, 2.24) is 10.2 Å². The number of hydrogen-bond donors (Lipinski definition) is 2. The van der Waals surface area contributed by atoms with Crippen LogP contribution in [0.1, 0.15) is 36.8 Å². The van der Waals surface area contributed by atoms with Crippen molar-refractivity contribution in [3.05, 3.63) is 40.9 Å². The summed E-state index contributed by atoms with van der Waals surface area (Å²) in [5, 5.41) is 12.3. The van der Waals surface area contributed by atoms with E-state index in [-0.39, 0.29) is 18.3 Å². The van der Waals surface area contributed by atoms with Crippen LogP contribution in [0.25, 0.3) is 0 Å². The van der Waals surface area contributed by atoms with E-state index < -0.39 is 6.04 Å². The van der Waals surface area contributed by atoms with Crippen LogP contribution in [-0.4, -0.2) is 22.1 Å². The molecule has 0 radical (unpaired) electrons. The van der Waals surface area contributed by atoms with E-state index in [4.69, 9.17) is 5.73 Å². The second-order valence-corrected chi connectivity index (χ2v) is 6.31. The number of nitrogens with one attached hydrogen (secondary N) is 1. The number of hydrogen-bond acceptors (Lipinski definition) is 5. The minimum absolute atomic E-state index is 0. The molecule has 1 heterocycles. The van der Waals surface area contributed by atoms with Crippen LogP contribution in [0.3, 0.4) is 0 Å². The molecule has 0 saturated carbocycles. The quantitative estimate of drug-likeness (QED) is 0.713. The summed E-state index contributed by atoms with van der Waals surface area (Å²) >= 11 is 1.43. The number of aryl methyl sites for hydroxylation is 1. The molecule has 23 heavy (non-hydrogen) atoms. The highest BCUT2D eigenvalue weighted by molar-refractivity contribution is 7.15. The van der Waals surface area contributed by atoms with Crippen LogP contribution >= 0.6 is 23.7 Å². The van der Waals surface area contributed by atoms with Gasteiger partial charge in [-0.25, -0.2) is 0 Å². The van der Waals surface area contributed by atoms with Crippen LogP contribution in [0, 0.1) is 0 Å². The lowest BCUT2D eigenvalue weighted by atomic mass is 10.1. The molecule has 1 aromatic heterocycles. The van der Waals surface area contributed by atoms with Gasteiger partial charge in [-0.1, -0.05) is 61.4 Å². The number of rotatable bonds is 8. The van der Waals surface area contributed by atoms with Gasteiger partial charge in [0.1, 0.15) is 5.01 Å². The monoisotopic (exact) mass is 354 g/mol. The van der Waals surface area contributed by atoms with Crippen molar-refractivity contribution in [2.75, 3.05) is 5.32 Å². The number of nitrogens with zero attached hydrogens (tertiary/aromatic N) is 2. The maximum atomic E-state index is 12.1. The molecule has 0 aliphatic heterocycles. The molecule has 1 unspecified atom stereocenters. The van der Waals surface area contributed by atoms with Crippen molar-refractivity contribution < 1.29 is 4.79 Å². The molecule has 0 aliphatic carbocycles. The Morgan fingerprint density at radius 3 is 2.70 bits per heavy atom. The molecule has 3 N–H and O–H groups in total. The highest BCUT2D eigenvalue weighted by atomic mass is 35.5. The fraction of sp³-hybridized carbons (Fsp3) is 0.438. The van der Waals surface area contributed by atoms with E-state index in [2.05, 4.69) is 22.4 Å². The van der Waals surface area contributed by atoms with E-state index >= 15 is 0 Å². The van der Waals surface area contributed by atoms with Crippen molar-refractivity contribution in [2.24, 2.45) is 5.73 Å². The summed E-state index contributed by atoms with van der Waals surface area (Å²) in [4.78, 5) is 12.1. The Hall–Kier alpha value is -1.50. The Bertz CT molecular complexity index is 591. The van der Waals surface area contributed by atoms with Crippen LogP contribution in [0.5, 0.6) is 0 Å². The van der Waals surface area contributed by atoms with E-state index in [1.807, 2.05) is 30.3 Å². The van der Waals surface area contributed by atoms with Gasteiger partial charge in [0.2, 0.25) is 11.0 Å². The topological polar surface area (TPSA) is 80.9 Å². The van der Waals surface area contributed by atoms with Gasteiger partial charge in [-0.3, -0.25) is 10.1 Å². The number of nitrogens with two attached hydrogens (primary N) is 1. The van der Waals surface area contributed by atoms with Crippen molar-refractivity contribution in [1.29, 1.82) is 0 Å². The average Bonchev–Trinajstić information content (AvgIpc) is 2.96. The predicted molar refractivity (Wildman–Crippen MR) is 97.1 cm³/mol. The van der Waals surface area contributed by atoms with Gasteiger partial charge in [0.05, 0.1) is 6.04 Å². The van der Waals surface area contributed by atoms with Gasteiger partial charge in [-0.15, -0.1) is 22.6 Å². The largest absolute Gasteiger partial charge is 0.320 e. The predicted octanol–water partition coefficient (Wildman–Crippen LogP) is 3.20. The summed E-state index contributed by atoms with van der Waals surface area (Å²) in [6, 6.07) is 9.15. The summed E-state index contributed by atoms with van der Waals surface area (Å²) in [5.74, 6) is -0.222. The molecule has 7 heteroatoms. The van der Waals surface area contributed by atoms with Crippen molar-refractivity contribution in [3.8, 4) is 0 Å². The van der Waals surface area contributed by atoms with Gasteiger partial charge in [0.25, 0.3) is 0 Å². The highest BCUT2D eigenvalue weighted by Crippen LogP contribution is 2.17. The maximum Gasteiger partial charge on any atom is 0.243 e. The minimum atomic E-state index is -0.588. The first-order valence-corrected chi connectivity index (χ1v) is 8.43. The van der Waals surface area contributed by atoms with Crippen LogP contribution in [-0.2, 0) is 17.6 Å². The number of aromatic nitrogens is 2. The molecular formula is C16H23ClN4OS. The van der Waals surface area contributed by atoms with Crippen LogP contribution in [0.4, 0.5) is 5.13 Å². The Morgan fingerprint density at radius 2 is 2.00 bits per heavy atom. The van der Waals surface area contributed by atoms with E-state index in [1.54, 1.807) is 0 Å². The number of carbonyl (C=O) groups is 1. The molecule has 1 atom stereocenters. The number of halogens is 1. The Morgan fingerprint density at radius 1 is 1.26 bits per heavy atom. The molecule has 0 aliphatic rings. The highest BCUT2D eigenvalue weighted by Gasteiger charge is 2.16. The van der Waals surface area contributed by atoms with Crippen LogP contribution in [0.2, 0.25) is 0 Å². The molecule has 5 nitrogen and oxygen atoms in total. The first-order valence-electron chi connectivity index (χ1n) is 7.61. The minimum Gasteiger partial charge on any atom is -0.320 e. The van der Waals surface area contributed by atoms with E-state index in [0.29, 0.717) is 11.6 Å². The second-order valence-electron chi connectivity index (χ2n) is 5.24. The third-order valence-corrected chi connectivity index (χ3v) is 4.22. The number of benzene rings is 1. The summed E-state index contributed by atoms with van der Waals surface area (Å²) in [5.41, 5.74) is 6.99. The lowest BCUT2D eigenvalue weighted by Gasteiger charge is -2.10. The zero-order valence-corrected chi connectivity index (χ0v) is 14.8. The van der Waals surface area contributed by atoms with Gasteiger partial charge in [-0.2, -0.15) is 0 Å². The van der Waals surface area contributed by atoms with Crippen LogP contribution in [0.15, 0.2) is 30.3 Å². The summed E-state index contributed by atoms with van der Waals surface area (Å²) in [6.45, 7) is 2.17. The van der Waals surface area contributed by atoms with Crippen molar-refractivity contribution in [3.63, 3.8) is 0 Å². The zero-order chi connectivity index (χ0) is 15.8. The molecule has 1 amide bonds. The molecular weight excluding hydrogens is 332 g/mol. The standard InChI is InChI=1S/C16H22N4OS.ClH/c1-2-3-5-10-14-19-20-16(22-14)18-15(21)13(17)11-12-8-6-4-7-9-12;/h4,6-9,13H,2-3,5,10-11,17H2,1H3,(H,18,20,21);1H. The molecule has 0 saturated heterocycles. The molecule has 126 valence electrons. The Kier molecular flexibility index (Phi) is 8.76. The Labute approximate surface area is 147 Å². The molecule has 2 rings (SSSR count). The number of amides is 1. The molecule has 0 fully saturated rings. The SMILES string of the molecule is CCCCCc1nnc(NC(=O)C(N)Cc2ccccc2)s1.Cl. The summed E-state index contributed by atoms with van der Waals surface area (Å²) in [7, 11) is 0. The molecule has 0 spiro atoms. The normalized spacial score (nSPS) is 11.6. The fourth-order valence-corrected chi connectivity index (χ4v) is 2.87. The zero-order valence-electron chi connectivity index (χ0n) is 13.2. The van der Waals surface area contributed by atoms with Gasteiger partial charge < -0.3 is 5.73 Å². The average molecular weight is 355 g/mol. The third-order valence-electron chi connectivity index (χ3n) is 3.33. The van der Waals surface area contributed by atoms with Crippen molar-refractivity contribution in [2.45, 2.75) is 45.1 Å². The number of anilines is 1. The molecule has 0 bridgehead atoms. The molecule has 2 aromatic rings. The van der Waals surface area contributed by atoms with Crippen molar-refractivity contribution >= 4 is 34.8 Å². The Balaban J connectivity index is 0.00000264. The first kappa shape index (κ1) is 19.5. The number of carbonyl (C=O) groups excluding carboxylic acids is 1. The van der Waals surface area contributed by atoms with Crippen LogP contribution < -0.4 is 11.1 Å². The van der Waals surface area contributed by atoms with Gasteiger partial charge in [-0.05, 0) is 18.4 Å². The van der Waals surface area contributed by atoms with Gasteiger partial charge >= 0.3 is 0 Å². The second kappa shape index (κ2) is 10.3. The lowest BCUT2D eigenvalue weighted by Crippen LogP contribution is -2.37. The molecule has 1 aromatic carbocycles. The lowest BCUT2D eigenvalue weighted by molar-refractivity contribution is -0.117. The number of unbranched alkanes of at least 4 members (excludes halogenated alkanes) is 2. The summed E-state index contributed by atoms with van der Waals surface area (Å²) in [6.07, 6.45) is 4.89. The van der Waals surface area contributed by atoms with E-state index in [1.165, 1.54) is 24.2 Å². The summed E-state index contributed by atoms with van der Waals surface area (Å²) < 4.78 is 0. The van der Waals surface area contributed by atoms with Gasteiger partial charge in [0, 0.05) is 6.42 Å². The van der Waals surface area contributed by atoms with E-state index in [9.17, 15) is 4.79 Å². The van der Waals surface area contributed by atoms with E-state index in [0.717, 1.165) is 23.4 Å². The fourth-order valence-electron chi connectivity index (χ4n) is 2.09. The maximum absolute atomic E-state index is 12.1. The first-order chi connectivity index (χ1) is 10.7. The smallest absolute Gasteiger partial charge is 0.243 e.